The molecule has 0 aliphatic carbocycles. The van der Waals surface area contributed by atoms with Gasteiger partial charge in [0, 0.05) is 25.5 Å². The highest BCUT2D eigenvalue weighted by molar-refractivity contribution is 7.07. The SMILES string of the molecule is O=C(Cc1ccsc1)N1CCn2c(Cn3cccn3)cnc2C1. The molecule has 0 atom stereocenters. The van der Waals surface area contributed by atoms with Gasteiger partial charge in [-0.25, -0.2) is 4.98 Å². The van der Waals surface area contributed by atoms with Crippen molar-refractivity contribution in [3.05, 3.63) is 58.6 Å². The van der Waals surface area contributed by atoms with Crippen LogP contribution in [0.4, 0.5) is 0 Å². The third kappa shape index (κ3) is 2.92. The Morgan fingerprint density at radius 3 is 3.09 bits per heavy atom. The van der Waals surface area contributed by atoms with E-state index in [1.807, 2.05) is 44.9 Å². The van der Waals surface area contributed by atoms with E-state index >= 15 is 0 Å². The number of nitrogens with zero attached hydrogens (tertiary/aromatic N) is 5. The van der Waals surface area contributed by atoms with E-state index in [0.29, 0.717) is 19.5 Å². The molecule has 0 spiro atoms. The Morgan fingerprint density at radius 2 is 2.30 bits per heavy atom. The molecule has 23 heavy (non-hydrogen) atoms. The summed E-state index contributed by atoms with van der Waals surface area (Å²) in [5, 5.41) is 8.28. The molecule has 0 saturated carbocycles. The monoisotopic (exact) mass is 327 g/mol. The van der Waals surface area contributed by atoms with Crippen molar-refractivity contribution in [2.75, 3.05) is 6.54 Å². The predicted octanol–water partition coefficient (Wildman–Crippen LogP) is 1.77. The summed E-state index contributed by atoms with van der Waals surface area (Å²) in [4.78, 5) is 18.8. The van der Waals surface area contributed by atoms with Gasteiger partial charge < -0.3 is 9.47 Å². The summed E-state index contributed by atoms with van der Waals surface area (Å²) >= 11 is 1.63. The second-order valence-corrected chi connectivity index (χ2v) is 6.42. The Labute approximate surface area is 138 Å². The Bertz CT molecular complexity index is 791. The lowest BCUT2D eigenvalue weighted by Crippen LogP contribution is -2.39. The van der Waals surface area contributed by atoms with Crippen molar-refractivity contribution in [3.63, 3.8) is 0 Å². The molecule has 1 aliphatic heterocycles. The van der Waals surface area contributed by atoms with Crippen LogP contribution >= 0.6 is 11.3 Å². The Hall–Kier alpha value is -2.41. The number of hydrogen-bond donors (Lipinski definition) is 0. The standard InChI is InChI=1S/C16H17N5OS/c22-16(8-13-2-7-23-12-13)19-5-6-21-14(9-17-15(21)11-19)10-20-4-1-3-18-20/h1-4,7,9,12H,5-6,8,10-11H2. The number of aromatic nitrogens is 4. The molecule has 1 aliphatic rings. The van der Waals surface area contributed by atoms with Gasteiger partial charge >= 0.3 is 0 Å². The van der Waals surface area contributed by atoms with Crippen LogP contribution in [0, 0.1) is 0 Å². The number of carbonyl (C=O) groups excluding carboxylic acids is 1. The minimum absolute atomic E-state index is 0.172. The maximum Gasteiger partial charge on any atom is 0.227 e. The largest absolute Gasteiger partial charge is 0.333 e. The molecule has 6 nitrogen and oxygen atoms in total. The lowest BCUT2D eigenvalue weighted by molar-refractivity contribution is -0.132. The molecule has 118 valence electrons. The van der Waals surface area contributed by atoms with Gasteiger partial charge in [-0.1, -0.05) is 0 Å². The number of rotatable bonds is 4. The van der Waals surface area contributed by atoms with Gasteiger partial charge in [-0.05, 0) is 28.5 Å². The van der Waals surface area contributed by atoms with Crippen LogP contribution in [0.15, 0.2) is 41.5 Å². The third-order valence-electron chi connectivity index (χ3n) is 4.12. The Kier molecular flexibility index (Phi) is 3.70. The number of thiophene rings is 1. The highest BCUT2D eigenvalue weighted by Gasteiger charge is 2.23. The quantitative estimate of drug-likeness (QED) is 0.734. The summed E-state index contributed by atoms with van der Waals surface area (Å²) in [6.07, 6.45) is 6.09. The summed E-state index contributed by atoms with van der Waals surface area (Å²) in [6.45, 7) is 2.82. The number of fused-ring (bicyclic) bond motifs is 1. The van der Waals surface area contributed by atoms with Crippen molar-refractivity contribution < 1.29 is 4.79 Å². The lowest BCUT2D eigenvalue weighted by atomic mass is 10.2. The second-order valence-electron chi connectivity index (χ2n) is 5.64. The van der Waals surface area contributed by atoms with Gasteiger partial charge in [0.05, 0.1) is 31.4 Å². The molecular weight excluding hydrogens is 310 g/mol. The van der Waals surface area contributed by atoms with Crippen LogP contribution in [0.2, 0.25) is 0 Å². The molecule has 3 aromatic heterocycles. The highest BCUT2D eigenvalue weighted by atomic mass is 32.1. The summed E-state index contributed by atoms with van der Waals surface area (Å²) < 4.78 is 4.09. The molecule has 0 bridgehead atoms. The number of hydrogen-bond acceptors (Lipinski definition) is 4. The van der Waals surface area contributed by atoms with Crippen LogP contribution < -0.4 is 0 Å². The molecule has 1 amide bonds. The second kappa shape index (κ2) is 6.00. The van der Waals surface area contributed by atoms with Gasteiger partial charge in [0.1, 0.15) is 5.82 Å². The summed E-state index contributed by atoms with van der Waals surface area (Å²) in [7, 11) is 0. The molecule has 3 aromatic rings. The molecule has 4 heterocycles. The minimum Gasteiger partial charge on any atom is -0.333 e. The van der Waals surface area contributed by atoms with Crippen molar-refractivity contribution >= 4 is 17.2 Å². The average molecular weight is 327 g/mol. The van der Waals surface area contributed by atoms with E-state index in [1.165, 1.54) is 0 Å². The Morgan fingerprint density at radius 1 is 1.35 bits per heavy atom. The van der Waals surface area contributed by atoms with Crippen LogP contribution in [0.3, 0.4) is 0 Å². The molecule has 0 fully saturated rings. The summed E-state index contributed by atoms with van der Waals surface area (Å²) in [6, 6.07) is 3.92. The molecule has 0 saturated heterocycles. The smallest absolute Gasteiger partial charge is 0.227 e. The maximum atomic E-state index is 12.4. The van der Waals surface area contributed by atoms with E-state index in [2.05, 4.69) is 14.6 Å². The normalized spacial score (nSPS) is 14.0. The first-order valence-corrected chi connectivity index (χ1v) is 8.53. The molecule has 7 heteroatoms. The van der Waals surface area contributed by atoms with E-state index < -0.39 is 0 Å². The summed E-state index contributed by atoms with van der Waals surface area (Å²) in [5.74, 6) is 1.13. The fraction of sp³-hybridized carbons (Fsp3) is 0.312. The number of imidazole rings is 1. The molecule has 4 rings (SSSR count). The van der Waals surface area contributed by atoms with Crippen molar-refractivity contribution in [1.82, 2.24) is 24.2 Å². The third-order valence-corrected chi connectivity index (χ3v) is 4.85. The van der Waals surface area contributed by atoms with Crippen LogP contribution in [0.25, 0.3) is 0 Å². The zero-order valence-electron chi connectivity index (χ0n) is 12.6. The minimum atomic E-state index is 0.172. The molecule has 0 radical (unpaired) electrons. The topological polar surface area (TPSA) is 56.0 Å². The van der Waals surface area contributed by atoms with E-state index in [0.717, 1.165) is 30.2 Å². The zero-order chi connectivity index (χ0) is 15.6. The van der Waals surface area contributed by atoms with Crippen molar-refractivity contribution in [3.8, 4) is 0 Å². The van der Waals surface area contributed by atoms with Gasteiger partial charge in [0.25, 0.3) is 0 Å². The average Bonchev–Trinajstić information content (AvgIpc) is 3.30. The van der Waals surface area contributed by atoms with Crippen molar-refractivity contribution in [2.45, 2.75) is 26.1 Å². The fourth-order valence-electron chi connectivity index (χ4n) is 2.90. The van der Waals surface area contributed by atoms with Gasteiger partial charge in [0.15, 0.2) is 0 Å². The molecule has 0 unspecified atom stereocenters. The first-order chi connectivity index (χ1) is 11.3. The predicted molar refractivity (Wildman–Crippen MR) is 87.0 cm³/mol. The highest BCUT2D eigenvalue weighted by Crippen LogP contribution is 2.17. The van der Waals surface area contributed by atoms with Gasteiger partial charge in [-0.15, -0.1) is 0 Å². The number of carbonyl (C=O) groups is 1. The van der Waals surface area contributed by atoms with Crippen LogP contribution in [-0.4, -0.2) is 36.7 Å². The summed E-state index contributed by atoms with van der Waals surface area (Å²) in [5.41, 5.74) is 2.22. The Balaban J connectivity index is 1.45. The van der Waals surface area contributed by atoms with Gasteiger partial charge in [-0.2, -0.15) is 16.4 Å². The van der Waals surface area contributed by atoms with Gasteiger partial charge in [0.2, 0.25) is 5.91 Å². The molecule has 0 N–H and O–H groups in total. The van der Waals surface area contributed by atoms with Gasteiger partial charge in [-0.3, -0.25) is 9.48 Å². The zero-order valence-corrected chi connectivity index (χ0v) is 13.4. The fourth-order valence-corrected chi connectivity index (χ4v) is 3.57. The van der Waals surface area contributed by atoms with E-state index in [4.69, 9.17) is 0 Å². The van der Waals surface area contributed by atoms with Crippen molar-refractivity contribution in [1.29, 1.82) is 0 Å². The van der Waals surface area contributed by atoms with E-state index in [9.17, 15) is 4.79 Å². The first-order valence-electron chi connectivity index (χ1n) is 7.59. The maximum absolute atomic E-state index is 12.4. The molecule has 0 aromatic carbocycles. The number of amides is 1. The lowest BCUT2D eigenvalue weighted by Gasteiger charge is -2.28. The van der Waals surface area contributed by atoms with E-state index in [1.54, 1.807) is 17.5 Å². The molecular formula is C16H17N5OS. The van der Waals surface area contributed by atoms with Crippen molar-refractivity contribution in [2.24, 2.45) is 0 Å². The first kappa shape index (κ1) is 14.2. The van der Waals surface area contributed by atoms with Crippen LogP contribution in [0.1, 0.15) is 17.1 Å². The van der Waals surface area contributed by atoms with E-state index in [-0.39, 0.29) is 5.91 Å². The van der Waals surface area contributed by atoms with Crippen LogP contribution in [-0.2, 0) is 30.8 Å². The van der Waals surface area contributed by atoms with Crippen LogP contribution in [0.5, 0.6) is 0 Å².